The highest BCUT2D eigenvalue weighted by Gasteiger charge is 2.19. The third kappa shape index (κ3) is 3.08. The lowest BCUT2D eigenvalue weighted by atomic mass is 10.1. The first-order valence-electron chi connectivity index (χ1n) is 7.21. The maximum Gasteiger partial charge on any atom is 0.335 e. The first-order chi connectivity index (χ1) is 9.81. The van der Waals surface area contributed by atoms with Crippen molar-refractivity contribution in [2.45, 2.75) is 32.7 Å². The molecule has 1 heterocycles. The maximum absolute atomic E-state index is 11.2. The third-order valence-electron chi connectivity index (χ3n) is 3.55. The first-order valence-corrected chi connectivity index (χ1v) is 7.21. The molecule has 0 aliphatic heterocycles. The Bertz CT molecular complexity index is 659. The molecule has 2 rings (SSSR count). The minimum atomic E-state index is -0.906. The largest absolute Gasteiger partial charge is 0.478 e. The molecular weight excluding hydrogens is 266 g/mol. The van der Waals surface area contributed by atoms with E-state index in [1.54, 1.807) is 18.2 Å². The molecular formula is C16H23N3O2. The molecule has 0 aliphatic carbocycles. The summed E-state index contributed by atoms with van der Waals surface area (Å²) in [6.45, 7) is 7.24. The van der Waals surface area contributed by atoms with Crippen LogP contribution in [0.25, 0.3) is 11.0 Å². The van der Waals surface area contributed by atoms with E-state index in [1.807, 2.05) is 14.1 Å². The van der Waals surface area contributed by atoms with Gasteiger partial charge in [0.1, 0.15) is 5.82 Å². The molecule has 0 amide bonds. The highest BCUT2D eigenvalue weighted by molar-refractivity contribution is 5.92. The highest BCUT2D eigenvalue weighted by atomic mass is 16.4. The van der Waals surface area contributed by atoms with Crippen LogP contribution in [-0.2, 0) is 0 Å². The number of hydrogen-bond acceptors (Lipinski definition) is 3. The van der Waals surface area contributed by atoms with Crippen molar-refractivity contribution in [2.75, 3.05) is 20.6 Å². The smallest absolute Gasteiger partial charge is 0.335 e. The van der Waals surface area contributed by atoms with E-state index < -0.39 is 5.97 Å². The fraction of sp³-hybridized carbons (Fsp3) is 0.500. The molecule has 114 valence electrons. The van der Waals surface area contributed by atoms with Gasteiger partial charge >= 0.3 is 5.97 Å². The second kappa shape index (κ2) is 5.85. The zero-order valence-electron chi connectivity index (χ0n) is 13.3. The van der Waals surface area contributed by atoms with E-state index in [9.17, 15) is 9.90 Å². The summed E-state index contributed by atoms with van der Waals surface area (Å²) < 4.78 is 2.17. The van der Waals surface area contributed by atoms with Gasteiger partial charge in [-0.05, 0) is 39.2 Å². The Morgan fingerprint density at radius 1 is 1.33 bits per heavy atom. The number of benzene rings is 1. The van der Waals surface area contributed by atoms with Crippen molar-refractivity contribution in [1.29, 1.82) is 0 Å². The van der Waals surface area contributed by atoms with Crippen LogP contribution >= 0.6 is 0 Å². The minimum absolute atomic E-state index is 0.228. The fourth-order valence-electron chi connectivity index (χ4n) is 2.73. The molecule has 0 spiro atoms. The molecule has 0 aliphatic rings. The Morgan fingerprint density at radius 2 is 2.00 bits per heavy atom. The Morgan fingerprint density at radius 3 is 2.52 bits per heavy atom. The monoisotopic (exact) mass is 289 g/mol. The van der Waals surface area contributed by atoms with Crippen molar-refractivity contribution in [2.24, 2.45) is 0 Å². The molecule has 0 saturated heterocycles. The van der Waals surface area contributed by atoms with Crippen LogP contribution in [0.5, 0.6) is 0 Å². The molecule has 0 radical (unpaired) electrons. The summed E-state index contributed by atoms with van der Waals surface area (Å²) in [6.07, 6.45) is 0. The minimum Gasteiger partial charge on any atom is -0.478 e. The third-order valence-corrected chi connectivity index (χ3v) is 3.55. The van der Waals surface area contributed by atoms with Crippen LogP contribution in [0.4, 0.5) is 0 Å². The summed E-state index contributed by atoms with van der Waals surface area (Å²) in [5, 5.41) is 9.20. The van der Waals surface area contributed by atoms with Crippen molar-refractivity contribution in [3.8, 4) is 0 Å². The van der Waals surface area contributed by atoms with E-state index in [0.29, 0.717) is 5.56 Å². The van der Waals surface area contributed by atoms with Gasteiger partial charge in [-0.3, -0.25) is 0 Å². The topological polar surface area (TPSA) is 58.4 Å². The number of aromatic nitrogens is 2. The molecule has 21 heavy (non-hydrogen) atoms. The van der Waals surface area contributed by atoms with Crippen LogP contribution < -0.4 is 0 Å². The molecule has 0 saturated carbocycles. The molecule has 5 nitrogen and oxygen atoms in total. The van der Waals surface area contributed by atoms with Crippen molar-refractivity contribution in [1.82, 2.24) is 14.5 Å². The summed E-state index contributed by atoms with van der Waals surface area (Å²) in [6, 6.07) is 5.36. The lowest BCUT2D eigenvalue weighted by molar-refractivity contribution is 0.0697. The second-order valence-electron chi connectivity index (χ2n) is 6.11. The van der Waals surface area contributed by atoms with E-state index in [4.69, 9.17) is 4.98 Å². The van der Waals surface area contributed by atoms with Crippen molar-refractivity contribution < 1.29 is 9.90 Å². The number of rotatable bonds is 5. The van der Waals surface area contributed by atoms with Gasteiger partial charge in [-0.1, -0.05) is 13.8 Å². The van der Waals surface area contributed by atoms with Gasteiger partial charge in [-0.15, -0.1) is 0 Å². The normalized spacial score (nSPS) is 13.3. The van der Waals surface area contributed by atoms with E-state index in [0.717, 1.165) is 23.4 Å². The van der Waals surface area contributed by atoms with Crippen molar-refractivity contribution >= 4 is 17.0 Å². The number of fused-ring (bicyclic) bond motifs is 1. The lowest BCUT2D eigenvalue weighted by Gasteiger charge is -2.22. The van der Waals surface area contributed by atoms with Gasteiger partial charge in [0.2, 0.25) is 0 Å². The maximum atomic E-state index is 11.2. The molecule has 0 fully saturated rings. The summed E-state index contributed by atoms with van der Waals surface area (Å²) >= 11 is 0. The number of nitrogens with zero attached hydrogens (tertiary/aromatic N) is 3. The summed E-state index contributed by atoms with van der Waals surface area (Å²) in [7, 11) is 4.07. The van der Waals surface area contributed by atoms with Crippen LogP contribution in [0.3, 0.4) is 0 Å². The predicted octanol–water partition coefficient (Wildman–Crippen LogP) is 2.98. The van der Waals surface area contributed by atoms with Crippen LogP contribution in [-0.4, -0.2) is 46.2 Å². The predicted molar refractivity (Wildman–Crippen MR) is 84.0 cm³/mol. The molecule has 5 heteroatoms. The van der Waals surface area contributed by atoms with E-state index in [-0.39, 0.29) is 12.0 Å². The van der Waals surface area contributed by atoms with Crippen molar-refractivity contribution in [3.05, 3.63) is 29.6 Å². The number of imidazole rings is 1. The second-order valence-corrected chi connectivity index (χ2v) is 6.11. The number of carboxylic acids is 1. The Balaban J connectivity index is 2.64. The van der Waals surface area contributed by atoms with Gasteiger partial charge in [0.15, 0.2) is 0 Å². The standard InChI is InChI=1S/C16H23N3O2/c1-10(2)15-17-13-7-6-12(16(20)21)8-14(13)19(15)11(3)9-18(4)5/h6-8,10-11H,9H2,1-5H3,(H,20,21). The average Bonchev–Trinajstić information content (AvgIpc) is 2.76. The Labute approximate surface area is 125 Å². The number of aromatic carboxylic acids is 1. The first kappa shape index (κ1) is 15.5. The summed E-state index contributed by atoms with van der Waals surface area (Å²) in [5.74, 6) is 0.383. The molecule has 1 aromatic heterocycles. The molecule has 1 atom stereocenters. The van der Waals surface area contributed by atoms with Gasteiger partial charge < -0.3 is 14.6 Å². The number of hydrogen-bond donors (Lipinski definition) is 1. The Kier molecular flexibility index (Phi) is 4.32. The summed E-state index contributed by atoms with van der Waals surface area (Å²) in [5.41, 5.74) is 2.05. The zero-order chi connectivity index (χ0) is 15.7. The van der Waals surface area contributed by atoms with E-state index >= 15 is 0 Å². The van der Waals surface area contributed by atoms with Crippen molar-refractivity contribution in [3.63, 3.8) is 0 Å². The van der Waals surface area contributed by atoms with Crippen LogP contribution in [0.2, 0.25) is 0 Å². The molecule has 0 bridgehead atoms. The lowest BCUT2D eigenvalue weighted by Crippen LogP contribution is -2.24. The quantitative estimate of drug-likeness (QED) is 0.919. The van der Waals surface area contributed by atoms with Gasteiger partial charge in [-0.2, -0.15) is 0 Å². The number of carboxylic acid groups (broad SMARTS) is 1. The molecule has 1 aromatic carbocycles. The van der Waals surface area contributed by atoms with Gasteiger partial charge in [0, 0.05) is 18.5 Å². The zero-order valence-corrected chi connectivity index (χ0v) is 13.3. The fourth-order valence-corrected chi connectivity index (χ4v) is 2.73. The Hall–Kier alpha value is -1.88. The highest BCUT2D eigenvalue weighted by Crippen LogP contribution is 2.27. The van der Waals surface area contributed by atoms with E-state index in [1.165, 1.54) is 0 Å². The van der Waals surface area contributed by atoms with Gasteiger partial charge in [-0.25, -0.2) is 9.78 Å². The van der Waals surface area contributed by atoms with Crippen LogP contribution in [0.15, 0.2) is 18.2 Å². The summed E-state index contributed by atoms with van der Waals surface area (Å²) in [4.78, 5) is 18.0. The number of likely N-dealkylation sites (N-methyl/N-ethyl adjacent to an activating group) is 1. The van der Waals surface area contributed by atoms with Crippen LogP contribution in [0, 0.1) is 0 Å². The average molecular weight is 289 g/mol. The number of carbonyl (C=O) groups is 1. The van der Waals surface area contributed by atoms with Crippen LogP contribution in [0.1, 0.15) is 48.9 Å². The molecule has 2 aromatic rings. The van der Waals surface area contributed by atoms with E-state index in [2.05, 4.69) is 30.2 Å². The SMILES string of the molecule is CC(C)c1nc2ccc(C(=O)O)cc2n1C(C)CN(C)C. The van der Waals surface area contributed by atoms with Gasteiger partial charge in [0.05, 0.1) is 16.6 Å². The molecule has 1 unspecified atom stereocenters. The van der Waals surface area contributed by atoms with Gasteiger partial charge in [0.25, 0.3) is 0 Å². The molecule has 1 N–H and O–H groups in total.